The lowest BCUT2D eigenvalue weighted by Gasteiger charge is -2.10. The van der Waals surface area contributed by atoms with E-state index < -0.39 is 10.0 Å². The zero-order valence-corrected chi connectivity index (χ0v) is 16.1. The van der Waals surface area contributed by atoms with Gasteiger partial charge in [0.05, 0.1) is 20.1 Å². The lowest BCUT2D eigenvalue weighted by molar-refractivity contribution is -0.116. The number of hydrogen-bond donors (Lipinski definition) is 2. The van der Waals surface area contributed by atoms with E-state index in [-0.39, 0.29) is 17.2 Å². The second kappa shape index (κ2) is 7.53. The van der Waals surface area contributed by atoms with Crippen LogP contribution in [0.15, 0.2) is 47.4 Å². The molecule has 3 aromatic rings. The molecule has 0 radical (unpaired) electrons. The van der Waals surface area contributed by atoms with Gasteiger partial charge in [0, 0.05) is 18.5 Å². The molecule has 0 fully saturated rings. The third-order valence-corrected chi connectivity index (χ3v) is 6.59. The summed E-state index contributed by atoms with van der Waals surface area (Å²) < 4.78 is 27.4. The Hall–Kier alpha value is -2.29. The molecule has 2 N–H and O–H groups in total. The number of amides is 1. The maximum Gasteiger partial charge on any atom is 0.240 e. The fourth-order valence-corrected chi connectivity index (χ4v) is 4.51. The summed E-state index contributed by atoms with van der Waals surface area (Å²) in [4.78, 5) is 16.9. The monoisotopic (exact) mass is 389 g/mol. The predicted molar refractivity (Wildman–Crippen MR) is 104 cm³/mol. The molecule has 0 spiro atoms. The Morgan fingerprint density at radius 1 is 1.19 bits per heavy atom. The molecule has 0 saturated heterocycles. The first-order chi connectivity index (χ1) is 12.4. The highest BCUT2D eigenvalue weighted by Gasteiger charge is 2.16. The Bertz CT molecular complexity index is 1030. The molecule has 1 aromatic heterocycles. The Balaban J connectivity index is 1.67. The van der Waals surface area contributed by atoms with Crippen LogP contribution in [0.2, 0.25) is 0 Å². The number of para-hydroxylation sites is 1. The van der Waals surface area contributed by atoms with Crippen LogP contribution in [-0.4, -0.2) is 26.4 Å². The van der Waals surface area contributed by atoms with Gasteiger partial charge in [-0.05, 0) is 43.8 Å². The summed E-state index contributed by atoms with van der Waals surface area (Å²) in [5, 5.41) is 3.66. The van der Waals surface area contributed by atoms with Gasteiger partial charge in [-0.2, -0.15) is 0 Å². The van der Waals surface area contributed by atoms with E-state index in [4.69, 9.17) is 0 Å². The topological polar surface area (TPSA) is 88.2 Å². The molecule has 0 aliphatic heterocycles. The van der Waals surface area contributed by atoms with Gasteiger partial charge in [-0.15, -0.1) is 11.3 Å². The van der Waals surface area contributed by atoms with Crippen molar-refractivity contribution in [3.63, 3.8) is 0 Å². The van der Waals surface area contributed by atoms with E-state index in [1.807, 2.05) is 24.3 Å². The van der Waals surface area contributed by atoms with Crippen LogP contribution >= 0.6 is 11.3 Å². The standard InChI is InChI=1S/C18H19N3O3S2/c1-12-7-8-13(11-16(12)26(23,24)19-2)20-17(22)9-10-18-21-14-5-3-4-6-15(14)25-18/h3-8,11,19H,9-10H2,1-2H3,(H,20,22). The highest BCUT2D eigenvalue weighted by molar-refractivity contribution is 7.89. The lowest BCUT2D eigenvalue weighted by atomic mass is 10.2. The van der Waals surface area contributed by atoms with Crippen molar-refractivity contribution in [3.8, 4) is 0 Å². The molecule has 1 heterocycles. The third kappa shape index (κ3) is 4.09. The molecule has 1 amide bonds. The van der Waals surface area contributed by atoms with Crippen molar-refractivity contribution in [1.29, 1.82) is 0 Å². The summed E-state index contributed by atoms with van der Waals surface area (Å²) >= 11 is 1.58. The van der Waals surface area contributed by atoms with E-state index in [0.29, 0.717) is 17.7 Å². The van der Waals surface area contributed by atoms with Gasteiger partial charge in [0.2, 0.25) is 15.9 Å². The van der Waals surface area contributed by atoms with E-state index in [1.54, 1.807) is 30.4 Å². The number of thiazole rings is 1. The average Bonchev–Trinajstić information content (AvgIpc) is 3.04. The largest absolute Gasteiger partial charge is 0.326 e. The van der Waals surface area contributed by atoms with Crippen LogP contribution in [0.25, 0.3) is 10.2 Å². The lowest BCUT2D eigenvalue weighted by Crippen LogP contribution is -2.20. The Morgan fingerprint density at radius 2 is 1.96 bits per heavy atom. The summed E-state index contributed by atoms with van der Waals surface area (Å²) in [6.07, 6.45) is 0.820. The van der Waals surface area contributed by atoms with Gasteiger partial charge in [0.25, 0.3) is 0 Å². The van der Waals surface area contributed by atoms with Crippen molar-refractivity contribution < 1.29 is 13.2 Å². The number of sulfonamides is 1. The molecule has 0 bridgehead atoms. The molecule has 3 rings (SSSR count). The summed E-state index contributed by atoms with van der Waals surface area (Å²) in [5.41, 5.74) is 2.01. The number of nitrogens with one attached hydrogen (secondary N) is 2. The Kier molecular flexibility index (Phi) is 5.36. The quantitative estimate of drug-likeness (QED) is 0.678. The molecular weight excluding hydrogens is 370 g/mol. The molecule has 26 heavy (non-hydrogen) atoms. The maximum atomic E-state index is 12.2. The van der Waals surface area contributed by atoms with E-state index in [9.17, 15) is 13.2 Å². The van der Waals surface area contributed by atoms with Crippen molar-refractivity contribution in [2.24, 2.45) is 0 Å². The minimum atomic E-state index is -3.57. The SMILES string of the molecule is CNS(=O)(=O)c1cc(NC(=O)CCc2nc3ccccc3s2)ccc1C. The predicted octanol–water partition coefficient (Wildman–Crippen LogP) is 3.08. The van der Waals surface area contributed by atoms with Gasteiger partial charge in [-0.25, -0.2) is 18.1 Å². The number of carbonyl (C=O) groups is 1. The minimum absolute atomic E-state index is 0.156. The molecule has 0 aliphatic carbocycles. The van der Waals surface area contributed by atoms with Crippen molar-refractivity contribution in [2.45, 2.75) is 24.7 Å². The van der Waals surface area contributed by atoms with Gasteiger partial charge in [-0.3, -0.25) is 4.79 Å². The van der Waals surface area contributed by atoms with Gasteiger partial charge >= 0.3 is 0 Å². The van der Waals surface area contributed by atoms with Crippen LogP contribution in [-0.2, 0) is 21.2 Å². The minimum Gasteiger partial charge on any atom is -0.326 e. The molecule has 2 aromatic carbocycles. The van der Waals surface area contributed by atoms with Crippen LogP contribution < -0.4 is 10.0 Å². The van der Waals surface area contributed by atoms with Crippen molar-refractivity contribution >= 4 is 43.2 Å². The van der Waals surface area contributed by atoms with Gasteiger partial charge in [-0.1, -0.05) is 18.2 Å². The first kappa shape index (κ1) is 18.5. The number of benzene rings is 2. The van der Waals surface area contributed by atoms with Crippen LogP contribution in [0, 0.1) is 6.92 Å². The molecule has 0 atom stereocenters. The van der Waals surface area contributed by atoms with Crippen LogP contribution in [0.3, 0.4) is 0 Å². The van der Waals surface area contributed by atoms with E-state index in [0.717, 1.165) is 15.2 Å². The summed E-state index contributed by atoms with van der Waals surface area (Å²) in [6, 6.07) is 12.7. The molecule has 0 unspecified atom stereocenters. The second-order valence-electron chi connectivity index (χ2n) is 5.81. The van der Waals surface area contributed by atoms with Gasteiger partial charge in [0.15, 0.2) is 0 Å². The average molecular weight is 390 g/mol. The first-order valence-corrected chi connectivity index (χ1v) is 10.4. The summed E-state index contributed by atoms with van der Waals surface area (Å²) in [5.74, 6) is -0.180. The molecule has 136 valence electrons. The van der Waals surface area contributed by atoms with Gasteiger partial charge < -0.3 is 5.32 Å². The molecular formula is C18H19N3O3S2. The zero-order valence-electron chi connectivity index (χ0n) is 14.4. The van der Waals surface area contributed by atoms with Crippen LogP contribution in [0.4, 0.5) is 5.69 Å². The highest BCUT2D eigenvalue weighted by Crippen LogP contribution is 2.23. The molecule has 0 aliphatic rings. The van der Waals surface area contributed by atoms with E-state index in [2.05, 4.69) is 15.0 Å². The maximum absolute atomic E-state index is 12.2. The van der Waals surface area contributed by atoms with E-state index in [1.165, 1.54) is 13.1 Å². The fraction of sp³-hybridized carbons (Fsp3) is 0.222. The molecule has 0 saturated carbocycles. The number of rotatable bonds is 6. The number of nitrogens with zero attached hydrogens (tertiary/aromatic N) is 1. The Labute approximate surface area is 156 Å². The zero-order chi connectivity index (χ0) is 18.7. The smallest absolute Gasteiger partial charge is 0.240 e. The highest BCUT2D eigenvalue weighted by atomic mass is 32.2. The summed E-state index contributed by atoms with van der Waals surface area (Å²) in [7, 11) is -2.21. The number of carbonyl (C=O) groups excluding carboxylic acids is 1. The summed E-state index contributed by atoms with van der Waals surface area (Å²) in [6.45, 7) is 1.71. The van der Waals surface area contributed by atoms with Crippen LogP contribution in [0.1, 0.15) is 17.0 Å². The number of fused-ring (bicyclic) bond motifs is 1. The number of aryl methyl sites for hydroxylation is 2. The van der Waals surface area contributed by atoms with E-state index >= 15 is 0 Å². The Morgan fingerprint density at radius 3 is 2.69 bits per heavy atom. The normalized spacial score (nSPS) is 11.6. The van der Waals surface area contributed by atoms with Crippen molar-refractivity contribution in [2.75, 3.05) is 12.4 Å². The first-order valence-electron chi connectivity index (χ1n) is 8.07. The second-order valence-corrected chi connectivity index (χ2v) is 8.78. The van der Waals surface area contributed by atoms with Crippen molar-refractivity contribution in [1.82, 2.24) is 9.71 Å². The van der Waals surface area contributed by atoms with Gasteiger partial charge in [0.1, 0.15) is 0 Å². The number of hydrogen-bond acceptors (Lipinski definition) is 5. The molecule has 6 nitrogen and oxygen atoms in total. The van der Waals surface area contributed by atoms with Crippen LogP contribution in [0.5, 0.6) is 0 Å². The molecule has 8 heteroatoms. The fourth-order valence-electron chi connectivity index (χ4n) is 2.55. The number of anilines is 1. The van der Waals surface area contributed by atoms with Crippen molar-refractivity contribution in [3.05, 3.63) is 53.0 Å². The third-order valence-electron chi connectivity index (χ3n) is 3.93. The number of aromatic nitrogens is 1.